The third kappa shape index (κ3) is 2.74. The normalized spacial score (nSPS) is 17.2. The summed E-state index contributed by atoms with van der Waals surface area (Å²) in [6.07, 6.45) is 3.38. The van der Waals surface area contributed by atoms with Crippen LogP contribution in [0.3, 0.4) is 0 Å². The van der Waals surface area contributed by atoms with Gasteiger partial charge in [-0.15, -0.1) is 11.3 Å². The van der Waals surface area contributed by atoms with Crippen LogP contribution in [0, 0.1) is 20.8 Å². The van der Waals surface area contributed by atoms with E-state index in [1.807, 2.05) is 38.3 Å². The summed E-state index contributed by atoms with van der Waals surface area (Å²) in [5, 5.41) is 3.59. The minimum atomic E-state index is -0.208. The van der Waals surface area contributed by atoms with Crippen molar-refractivity contribution < 1.29 is 4.79 Å². The number of benzene rings is 1. The maximum atomic E-state index is 13.2. The Morgan fingerprint density at radius 1 is 1.31 bits per heavy atom. The molecule has 2 aromatic heterocycles. The fourth-order valence-electron chi connectivity index (χ4n) is 3.86. The molecule has 0 radical (unpaired) electrons. The fraction of sp³-hybridized carbons (Fsp3) is 0.350. The lowest BCUT2D eigenvalue weighted by molar-refractivity contribution is 0.0731. The number of carbonyl (C=O) groups excluding carboxylic acids is 1. The molecule has 1 aliphatic rings. The molecule has 1 fully saturated rings. The number of likely N-dealkylation sites (tertiary alicyclic amines) is 1. The number of rotatable bonds is 2. The molecule has 1 N–H and O–H groups in total. The second kappa shape index (κ2) is 6.36. The number of aromatic nitrogens is 2. The number of hydrogen-bond donors (Lipinski definition) is 1. The third-order valence-electron chi connectivity index (χ3n) is 5.05. The van der Waals surface area contributed by atoms with E-state index in [0.717, 1.165) is 40.2 Å². The molecule has 1 amide bonds. The highest BCUT2D eigenvalue weighted by Gasteiger charge is 2.33. The lowest BCUT2D eigenvalue weighted by atomic mass is 10.0. The van der Waals surface area contributed by atoms with Crippen LogP contribution in [-0.2, 0) is 0 Å². The first kappa shape index (κ1) is 17.0. The number of nitrogens with zero attached hydrogens (tertiary/aromatic N) is 2. The lowest BCUT2D eigenvalue weighted by Crippen LogP contribution is -2.34. The van der Waals surface area contributed by atoms with E-state index in [4.69, 9.17) is 0 Å². The van der Waals surface area contributed by atoms with Crippen LogP contribution in [-0.4, -0.2) is 27.3 Å². The zero-order chi connectivity index (χ0) is 18.4. The maximum absolute atomic E-state index is 13.2. The van der Waals surface area contributed by atoms with Gasteiger partial charge in [0.15, 0.2) is 0 Å². The van der Waals surface area contributed by atoms with Crippen molar-refractivity contribution in [3.05, 3.63) is 61.3 Å². The van der Waals surface area contributed by atoms with E-state index in [-0.39, 0.29) is 22.9 Å². The molecule has 6 heteroatoms. The second-order valence-electron chi connectivity index (χ2n) is 6.98. The summed E-state index contributed by atoms with van der Waals surface area (Å²) in [6, 6.07) is 3.84. The Morgan fingerprint density at radius 2 is 2.12 bits per heavy atom. The molecule has 1 aliphatic heterocycles. The van der Waals surface area contributed by atoms with Crippen LogP contribution < -0.4 is 5.43 Å². The Bertz CT molecular complexity index is 1070. The topological polar surface area (TPSA) is 66.1 Å². The van der Waals surface area contributed by atoms with Gasteiger partial charge in [0.2, 0.25) is 5.43 Å². The number of aromatic amines is 1. The van der Waals surface area contributed by atoms with Gasteiger partial charge in [-0.25, -0.2) is 4.98 Å². The van der Waals surface area contributed by atoms with Gasteiger partial charge in [-0.05, 0) is 50.8 Å². The minimum absolute atomic E-state index is 0.0400. The first-order valence-electron chi connectivity index (χ1n) is 8.81. The van der Waals surface area contributed by atoms with Crippen molar-refractivity contribution in [3.8, 4) is 0 Å². The van der Waals surface area contributed by atoms with Gasteiger partial charge in [-0.3, -0.25) is 9.59 Å². The molecule has 1 atom stereocenters. The molecule has 3 aromatic rings. The first-order chi connectivity index (χ1) is 12.5. The number of fused-ring (bicyclic) bond motifs is 1. The van der Waals surface area contributed by atoms with Gasteiger partial charge in [0.1, 0.15) is 5.56 Å². The number of carbonyl (C=O) groups is 1. The predicted molar refractivity (Wildman–Crippen MR) is 104 cm³/mol. The van der Waals surface area contributed by atoms with Gasteiger partial charge in [0.25, 0.3) is 5.91 Å². The van der Waals surface area contributed by atoms with Crippen molar-refractivity contribution in [3.63, 3.8) is 0 Å². The van der Waals surface area contributed by atoms with Gasteiger partial charge in [-0.2, -0.15) is 0 Å². The van der Waals surface area contributed by atoms with Gasteiger partial charge in [0.05, 0.1) is 22.3 Å². The fourth-order valence-corrected chi connectivity index (χ4v) is 4.52. The standard InChI is InChI=1S/C20H21N3O2S/c1-11-7-12(2)18-14(8-11)19(24)15(9-21-18)20(25)23-6-4-5-17(23)16-10-26-13(3)22-16/h7-10,17H,4-6H2,1-3H3,(H,21,24)/t17-/m1/s1. The molecule has 0 spiro atoms. The van der Waals surface area contributed by atoms with Crippen LogP contribution in [0.4, 0.5) is 0 Å². The van der Waals surface area contributed by atoms with Crippen LogP contribution in [0.2, 0.25) is 0 Å². The largest absolute Gasteiger partial charge is 0.360 e. The number of aryl methyl sites for hydroxylation is 3. The highest BCUT2D eigenvalue weighted by atomic mass is 32.1. The van der Waals surface area contributed by atoms with E-state index < -0.39 is 0 Å². The Labute approximate surface area is 155 Å². The maximum Gasteiger partial charge on any atom is 0.259 e. The zero-order valence-electron chi connectivity index (χ0n) is 15.1. The number of thiazole rings is 1. The first-order valence-corrected chi connectivity index (χ1v) is 9.69. The molecule has 0 aliphatic carbocycles. The predicted octanol–water partition coefficient (Wildman–Crippen LogP) is 3.89. The Morgan fingerprint density at radius 3 is 2.85 bits per heavy atom. The number of hydrogen-bond acceptors (Lipinski definition) is 4. The molecule has 1 saturated heterocycles. The molecule has 3 heterocycles. The molecule has 26 heavy (non-hydrogen) atoms. The van der Waals surface area contributed by atoms with Crippen molar-refractivity contribution in [2.24, 2.45) is 0 Å². The molecule has 4 rings (SSSR count). The number of amides is 1. The molecule has 5 nitrogen and oxygen atoms in total. The van der Waals surface area contributed by atoms with E-state index in [1.165, 1.54) is 0 Å². The summed E-state index contributed by atoms with van der Waals surface area (Å²) in [6.45, 7) is 6.55. The summed E-state index contributed by atoms with van der Waals surface area (Å²) < 4.78 is 0. The zero-order valence-corrected chi connectivity index (χ0v) is 15.9. The summed E-state index contributed by atoms with van der Waals surface area (Å²) in [5.74, 6) is -0.208. The Hall–Kier alpha value is -2.47. The van der Waals surface area contributed by atoms with Crippen LogP contribution in [0.1, 0.15) is 51.1 Å². The van der Waals surface area contributed by atoms with E-state index in [2.05, 4.69) is 9.97 Å². The molecule has 0 unspecified atom stereocenters. The SMILES string of the molecule is Cc1cc(C)c2[nH]cc(C(=O)N3CCC[C@@H]3c3csc(C)n3)c(=O)c2c1. The molecule has 1 aromatic carbocycles. The van der Waals surface area contributed by atoms with Gasteiger partial charge in [0, 0.05) is 23.5 Å². The van der Waals surface area contributed by atoms with Gasteiger partial charge in [-0.1, -0.05) is 6.07 Å². The quantitative estimate of drug-likeness (QED) is 0.747. The Kier molecular flexibility index (Phi) is 4.15. The number of nitrogens with one attached hydrogen (secondary N) is 1. The van der Waals surface area contributed by atoms with E-state index >= 15 is 0 Å². The highest BCUT2D eigenvalue weighted by Crippen LogP contribution is 2.33. The van der Waals surface area contributed by atoms with Crippen molar-refractivity contribution in [2.45, 2.75) is 39.7 Å². The second-order valence-corrected chi connectivity index (χ2v) is 8.05. The van der Waals surface area contributed by atoms with Gasteiger partial charge < -0.3 is 9.88 Å². The van der Waals surface area contributed by atoms with Crippen molar-refractivity contribution in [1.29, 1.82) is 0 Å². The smallest absolute Gasteiger partial charge is 0.259 e. The number of pyridine rings is 1. The molecular weight excluding hydrogens is 346 g/mol. The molecular formula is C20H21N3O2S. The van der Waals surface area contributed by atoms with Crippen LogP contribution >= 0.6 is 11.3 Å². The highest BCUT2D eigenvalue weighted by molar-refractivity contribution is 7.09. The average molecular weight is 367 g/mol. The number of H-pyrrole nitrogens is 1. The summed E-state index contributed by atoms with van der Waals surface area (Å²) in [4.78, 5) is 35.7. The lowest BCUT2D eigenvalue weighted by Gasteiger charge is -2.23. The van der Waals surface area contributed by atoms with Crippen LogP contribution in [0.25, 0.3) is 10.9 Å². The third-order valence-corrected chi connectivity index (χ3v) is 5.84. The molecule has 0 saturated carbocycles. The van der Waals surface area contributed by atoms with E-state index in [0.29, 0.717) is 11.9 Å². The molecule has 134 valence electrons. The summed E-state index contributed by atoms with van der Waals surface area (Å²) in [7, 11) is 0. The Balaban J connectivity index is 1.76. The van der Waals surface area contributed by atoms with E-state index in [1.54, 1.807) is 22.4 Å². The minimum Gasteiger partial charge on any atom is -0.360 e. The van der Waals surface area contributed by atoms with Crippen molar-refractivity contribution in [1.82, 2.24) is 14.9 Å². The van der Waals surface area contributed by atoms with Crippen molar-refractivity contribution in [2.75, 3.05) is 6.54 Å². The van der Waals surface area contributed by atoms with Gasteiger partial charge >= 0.3 is 0 Å². The van der Waals surface area contributed by atoms with Crippen LogP contribution in [0.15, 0.2) is 28.5 Å². The molecule has 0 bridgehead atoms. The van der Waals surface area contributed by atoms with Crippen molar-refractivity contribution >= 4 is 28.1 Å². The van der Waals surface area contributed by atoms with Crippen LogP contribution in [0.5, 0.6) is 0 Å². The average Bonchev–Trinajstić information content (AvgIpc) is 3.23. The van der Waals surface area contributed by atoms with E-state index in [9.17, 15) is 9.59 Å². The summed E-state index contributed by atoms with van der Waals surface area (Å²) in [5.41, 5.74) is 3.76. The summed E-state index contributed by atoms with van der Waals surface area (Å²) >= 11 is 1.59. The monoisotopic (exact) mass is 367 g/mol.